The molecule has 0 bridgehead atoms. The second-order valence-electron chi connectivity index (χ2n) is 5.72. The van der Waals surface area contributed by atoms with Gasteiger partial charge in [-0.1, -0.05) is 19.3 Å². The molecule has 1 saturated carbocycles. The summed E-state index contributed by atoms with van der Waals surface area (Å²) < 4.78 is 0. The Morgan fingerprint density at radius 1 is 1.14 bits per heavy atom. The summed E-state index contributed by atoms with van der Waals surface area (Å²) >= 11 is 0. The van der Waals surface area contributed by atoms with Crippen LogP contribution in [0.4, 0.5) is 0 Å². The second-order valence-corrected chi connectivity index (χ2v) is 5.72. The Labute approximate surface area is 87.8 Å². The zero-order chi connectivity index (χ0) is 10.2. The first-order valence-corrected chi connectivity index (χ1v) is 6.12. The lowest BCUT2D eigenvalue weighted by molar-refractivity contribution is 0.0894. The van der Waals surface area contributed by atoms with Gasteiger partial charge in [-0.3, -0.25) is 4.90 Å². The third kappa shape index (κ3) is 1.96. The van der Waals surface area contributed by atoms with Crippen molar-refractivity contribution in [3.05, 3.63) is 0 Å². The van der Waals surface area contributed by atoms with E-state index in [1.807, 2.05) is 0 Å². The molecule has 0 aromatic heterocycles. The van der Waals surface area contributed by atoms with Crippen LogP contribution >= 0.6 is 0 Å². The van der Waals surface area contributed by atoms with Crippen LogP contribution in [0.5, 0.6) is 0 Å². The first-order chi connectivity index (χ1) is 6.59. The smallest absolute Gasteiger partial charge is 0.0185 e. The van der Waals surface area contributed by atoms with Crippen molar-refractivity contribution < 1.29 is 0 Å². The SMILES string of the molecule is CC1(C)CC(N)CN1C1CCCCC1. The van der Waals surface area contributed by atoms with Crippen LogP contribution in [-0.2, 0) is 0 Å². The Morgan fingerprint density at radius 2 is 1.79 bits per heavy atom. The summed E-state index contributed by atoms with van der Waals surface area (Å²) in [6.07, 6.45) is 8.26. The maximum Gasteiger partial charge on any atom is 0.0185 e. The number of nitrogens with zero attached hydrogens (tertiary/aromatic N) is 1. The van der Waals surface area contributed by atoms with Gasteiger partial charge in [-0.15, -0.1) is 0 Å². The number of hydrogen-bond donors (Lipinski definition) is 1. The Balaban J connectivity index is 2.01. The normalized spacial score (nSPS) is 34.9. The summed E-state index contributed by atoms with van der Waals surface area (Å²) in [4.78, 5) is 2.68. The minimum absolute atomic E-state index is 0.349. The molecule has 2 fully saturated rings. The van der Waals surface area contributed by atoms with Crippen LogP contribution in [0, 0.1) is 0 Å². The summed E-state index contributed by atoms with van der Waals surface area (Å²) in [6.45, 7) is 5.83. The largest absolute Gasteiger partial charge is 0.326 e. The van der Waals surface area contributed by atoms with E-state index >= 15 is 0 Å². The molecule has 1 saturated heterocycles. The monoisotopic (exact) mass is 196 g/mol. The summed E-state index contributed by atoms with van der Waals surface area (Å²) in [5, 5.41) is 0. The summed E-state index contributed by atoms with van der Waals surface area (Å²) in [5.41, 5.74) is 6.41. The molecule has 0 spiro atoms. The van der Waals surface area contributed by atoms with Crippen LogP contribution in [-0.4, -0.2) is 29.1 Å². The minimum Gasteiger partial charge on any atom is -0.326 e. The summed E-state index contributed by atoms with van der Waals surface area (Å²) in [7, 11) is 0. The molecule has 2 heteroatoms. The van der Waals surface area contributed by atoms with E-state index in [1.54, 1.807) is 0 Å². The van der Waals surface area contributed by atoms with E-state index in [-0.39, 0.29) is 0 Å². The van der Waals surface area contributed by atoms with E-state index in [9.17, 15) is 0 Å². The number of nitrogens with two attached hydrogens (primary N) is 1. The highest BCUT2D eigenvalue weighted by atomic mass is 15.3. The molecule has 2 nitrogen and oxygen atoms in total. The average Bonchev–Trinajstić information content (AvgIpc) is 2.41. The first kappa shape index (κ1) is 10.4. The van der Waals surface area contributed by atoms with Crippen molar-refractivity contribution in [2.24, 2.45) is 5.73 Å². The minimum atomic E-state index is 0.349. The number of likely N-dealkylation sites (tertiary alicyclic amines) is 1. The Hall–Kier alpha value is -0.0800. The maximum absolute atomic E-state index is 6.07. The van der Waals surface area contributed by atoms with E-state index in [2.05, 4.69) is 18.7 Å². The van der Waals surface area contributed by atoms with Crippen LogP contribution in [0.15, 0.2) is 0 Å². The Morgan fingerprint density at radius 3 is 2.29 bits per heavy atom. The molecule has 14 heavy (non-hydrogen) atoms. The molecular weight excluding hydrogens is 172 g/mol. The van der Waals surface area contributed by atoms with Gasteiger partial charge >= 0.3 is 0 Å². The van der Waals surface area contributed by atoms with Gasteiger partial charge in [0.2, 0.25) is 0 Å². The predicted octanol–water partition coefficient (Wildman–Crippen LogP) is 2.13. The van der Waals surface area contributed by atoms with Gasteiger partial charge in [0.25, 0.3) is 0 Å². The predicted molar refractivity (Wildman–Crippen MR) is 60.3 cm³/mol. The lowest BCUT2D eigenvalue weighted by Crippen LogP contribution is -2.46. The fourth-order valence-corrected chi connectivity index (χ4v) is 3.36. The molecule has 0 aromatic rings. The molecule has 2 N–H and O–H groups in total. The van der Waals surface area contributed by atoms with E-state index in [1.165, 1.54) is 38.5 Å². The molecule has 1 atom stereocenters. The van der Waals surface area contributed by atoms with Gasteiger partial charge in [0.1, 0.15) is 0 Å². The van der Waals surface area contributed by atoms with Crippen molar-refractivity contribution in [2.75, 3.05) is 6.54 Å². The molecule has 0 aromatic carbocycles. The van der Waals surface area contributed by atoms with Crippen molar-refractivity contribution >= 4 is 0 Å². The molecule has 1 unspecified atom stereocenters. The molecule has 2 aliphatic rings. The van der Waals surface area contributed by atoms with Crippen molar-refractivity contribution in [2.45, 2.75) is 70.0 Å². The lowest BCUT2D eigenvalue weighted by Gasteiger charge is -2.40. The molecule has 1 aliphatic heterocycles. The zero-order valence-corrected chi connectivity index (χ0v) is 9.63. The van der Waals surface area contributed by atoms with Crippen molar-refractivity contribution in [3.8, 4) is 0 Å². The number of rotatable bonds is 1. The van der Waals surface area contributed by atoms with Crippen LogP contribution in [0.25, 0.3) is 0 Å². The molecule has 0 amide bonds. The van der Waals surface area contributed by atoms with Crippen molar-refractivity contribution in [1.82, 2.24) is 4.90 Å². The fraction of sp³-hybridized carbons (Fsp3) is 1.00. The van der Waals surface area contributed by atoms with Crippen LogP contribution in [0.3, 0.4) is 0 Å². The van der Waals surface area contributed by atoms with Gasteiger partial charge in [0.05, 0.1) is 0 Å². The summed E-state index contributed by atoms with van der Waals surface area (Å²) in [6, 6.07) is 1.24. The van der Waals surface area contributed by atoms with Gasteiger partial charge in [0.15, 0.2) is 0 Å². The second kappa shape index (κ2) is 3.82. The highest BCUT2D eigenvalue weighted by Crippen LogP contribution is 2.34. The highest BCUT2D eigenvalue weighted by molar-refractivity contribution is 4.98. The van der Waals surface area contributed by atoms with Gasteiger partial charge < -0.3 is 5.73 Å². The summed E-state index contributed by atoms with van der Waals surface area (Å²) in [5.74, 6) is 0. The third-order valence-corrected chi connectivity index (χ3v) is 3.99. The van der Waals surface area contributed by atoms with Gasteiger partial charge in [-0.05, 0) is 33.1 Å². The van der Waals surface area contributed by atoms with Gasteiger partial charge in [-0.2, -0.15) is 0 Å². The third-order valence-electron chi connectivity index (χ3n) is 3.99. The van der Waals surface area contributed by atoms with Crippen molar-refractivity contribution in [1.29, 1.82) is 0 Å². The van der Waals surface area contributed by atoms with Gasteiger partial charge in [0, 0.05) is 24.2 Å². The number of hydrogen-bond acceptors (Lipinski definition) is 2. The maximum atomic E-state index is 6.07. The quantitative estimate of drug-likeness (QED) is 0.696. The molecule has 0 radical (unpaired) electrons. The van der Waals surface area contributed by atoms with E-state index in [0.717, 1.165) is 12.6 Å². The topological polar surface area (TPSA) is 29.3 Å². The molecular formula is C12H24N2. The average molecular weight is 196 g/mol. The first-order valence-electron chi connectivity index (χ1n) is 6.12. The van der Waals surface area contributed by atoms with Gasteiger partial charge in [-0.25, -0.2) is 0 Å². The molecule has 1 aliphatic carbocycles. The Bertz CT molecular complexity index is 194. The fourth-order valence-electron chi connectivity index (χ4n) is 3.36. The molecule has 1 heterocycles. The Kier molecular flexibility index (Phi) is 2.85. The van der Waals surface area contributed by atoms with Crippen molar-refractivity contribution in [3.63, 3.8) is 0 Å². The van der Waals surface area contributed by atoms with E-state index in [4.69, 9.17) is 5.73 Å². The lowest BCUT2D eigenvalue weighted by atomic mass is 9.91. The zero-order valence-electron chi connectivity index (χ0n) is 9.63. The van der Waals surface area contributed by atoms with E-state index < -0.39 is 0 Å². The van der Waals surface area contributed by atoms with Crippen LogP contribution in [0.1, 0.15) is 52.4 Å². The highest BCUT2D eigenvalue weighted by Gasteiger charge is 2.40. The molecule has 2 rings (SSSR count). The molecule has 82 valence electrons. The van der Waals surface area contributed by atoms with Crippen LogP contribution in [0.2, 0.25) is 0 Å². The standard InChI is InChI=1S/C12H24N2/c1-12(2)8-10(13)9-14(12)11-6-4-3-5-7-11/h10-11H,3-9,13H2,1-2H3. The van der Waals surface area contributed by atoms with Crippen LogP contribution < -0.4 is 5.73 Å². The van der Waals surface area contributed by atoms with E-state index in [0.29, 0.717) is 11.6 Å².